The first-order chi connectivity index (χ1) is 5.88. The summed E-state index contributed by atoms with van der Waals surface area (Å²) in [6.45, 7) is 0.459. The summed E-state index contributed by atoms with van der Waals surface area (Å²) in [5.74, 6) is 0.397. The topological polar surface area (TPSA) is 81.3 Å². The molecule has 1 heterocycles. The predicted molar refractivity (Wildman–Crippen MR) is 42.5 cm³/mol. The zero-order valence-electron chi connectivity index (χ0n) is 6.60. The highest BCUT2D eigenvalue weighted by Gasteiger charge is 2.02. The number of aromatic nitrogens is 2. The van der Waals surface area contributed by atoms with Crippen molar-refractivity contribution in [2.24, 2.45) is 5.73 Å². The van der Waals surface area contributed by atoms with Gasteiger partial charge in [0, 0.05) is 18.9 Å². The Morgan fingerprint density at radius 1 is 1.42 bits per heavy atom. The molecule has 5 nitrogen and oxygen atoms in total. The van der Waals surface area contributed by atoms with Crippen LogP contribution in [0.2, 0.25) is 0 Å². The summed E-state index contributed by atoms with van der Waals surface area (Å²) < 4.78 is 5.07. The maximum atomic E-state index is 8.49. The lowest BCUT2D eigenvalue weighted by atomic mass is 10.4. The quantitative estimate of drug-likeness (QED) is 0.623. The summed E-state index contributed by atoms with van der Waals surface area (Å²) in [4.78, 5) is 7.87. The smallest absolute Gasteiger partial charge is 0.237 e. The number of ether oxygens (including phenoxy) is 1. The molecule has 12 heavy (non-hydrogen) atoms. The molecule has 0 atom stereocenters. The molecule has 0 aliphatic carbocycles. The third kappa shape index (κ3) is 2.14. The fraction of sp³-hybridized carbons (Fsp3) is 0.429. The maximum absolute atomic E-state index is 8.49. The fourth-order valence-electron chi connectivity index (χ4n) is 0.757. The van der Waals surface area contributed by atoms with Gasteiger partial charge in [-0.1, -0.05) is 0 Å². The average Bonchev–Trinajstić information content (AvgIpc) is 2.15. The molecular formula is C7H11N3O2. The molecule has 1 aromatic rings. The second-order valence-electron chi connectivity index (χ2n) is 2.08. The second-order valence-corrected chi connectivity index (χ2v) is 2.08. The Morgan fingerprint density at radius 2 is 2.17 bits per heavy atom. The summed E-state index contributed by atoms with van der Waals surface area (Å²) >= 11 is 0. The summed E-state index contributed by atoms with van der Waals surface area (Å²) in [7, 11) is 0. The summed E-state index contributed by atoms with van der Waals surface area (Å²) in [5.41, 5.74) is 5.98. The first-order valence-corrected chi connectivity index (χ1v) is 3.62. The Kier molecular flexibility index (Phi) is 3.43. The number of aliphatic hydroxyl groups is 1. The van der Waals surface area contributed by atoms with E-state index < -0.39 is 0 Å². The van der Waals surface area contributed by atoms with Crippen LogP contribution in [0.1, 0.15) is 5.69 Å². The van der Waals surface area contributed by atoms with Crippen LogP contribution in [-0.4, -0.2) is 28.3 Å². The molecule has 0 unspecified atom stereocenters. The van der Waals surface area contributed by atoms with Crippen molar-refractivity contribution < 1.29 is 9.84 Å². The molecule has 0 aliphatic rings. The van der Waals surface area contributed by atoms with Crippen LogP contribution in [0.4, 0.5) is 0 Å². The minimum Gasteiger partial charge on any atom is -0.474 e. The van der Waals surface area contributed by atoms with E-state index in [4.69, 9.17) is 15.6 Å². The van der Waals surface area contributed by atoms with Crippen molar-refractivity contribution in [2.45, 2.75) is 6.54 Å². The minimum atomic E-state index is -0.0411. The molecule has 1 rings (SSSR count). The summed E-state index contributed by atoms with van der Waals surface area (Å²) in [6, 6.07) is 0. The van der Waals surface area contributed by atoms with Crippen LogP contribution >= 0.6 is 0 Å². The molecule has 0 spiro atoms. The molecule has 0 saturated heterocycles. The Balaban J connectivity index is 2.68. The molecule has 5 heteroatoms. The van der Waals surface area contributed by atoms with Crippen LogP contribution in [0.25, 0.3) is 0 Å². The van der Waals surface area contributed by atoms with Crippen molar-refractivity contribution in [2.75, 3.05) is 13.2 Å². The molecule has 0 aromatic carbocycles. The number of hydrogen-bond acceptors (Lipinski definition) is 5. The third-order valence-electron chi connectivity index (χ3n) is 1.26. The van der Waals surface area contributed by atoms with E-state index in [0.29, 0.717) is 11.6 Å². The van der Waals surface area contributed by atoms with E-state index in [2.05, 4.69) is 9.97 Å². The van der Waals surface area contributed by atoms with Gasteiger partial charge < -0.3 is 15.6 Å². The highest BCUT2D eigenvalue weighted by molar-refractivity contribution is 5.16. The van der Waals surface area contributed by atoms with E-state index in [-0.39, 0.29) is 19.8 Å². The molecule has 3 N–H and O–H groups in total. The van der Waals surface area contributed by atoms with Gasteiger partial charge in [0.15, 0.2) is 0 Å². The largest absolute Gasteiger partial charge is 0.474 e. The maximum Gasteiger partial charge on any atom is 0.237 e. The Labute approximate surface area is 70.2 Å². The van der Waals surface area contributed by atoms with Crippen molar-refractivity contribution in [3.8, 4) is 5.88 Å². The van der Waals surface area contributed by atoms with Crippen LogP contribution < -0.4 is 10.5 Å². The summed E-state index contributed by atoms with van der Waals surface area (Å²) in [6.07, 6.45) is 3.07. The predicted octanol–water partition coefficient (Wildman–Crippen LogP) is -0.694. The Hall–Kier alpha value is -1.20. The van der Waals surface area contributed by atoms with Crippen molar-refractivity contribution in [1.82, 2.24) is 9.97 Å². The van der Waals surface area contributed by atoms with Gasteiger partial charge in [0.1, 0.15) is 12.3 Å². The normalized spacial score (nSPS) is 9.83. The zero-order valence-corrected chi connectivity index (χ0v) is 6.60. The molecular weight excluding hydrogens is 158 g/mol. The van der Waals surface area contributed by atoms with Gasteiger partial charge in [0.25, 0.3) is 0 Å². The van der Waals surface area contributed by atoms with Gasteiger partial charge in [-0.25, -0.2) is 4.98 Å². The minimum absolute atomic E-state index is 0.0411. The van der Waals surface area contributed by atoms with Crippen LogP contribution in [0.3, 0.4) is 0 Å². The highest BCUT2D eigenvalue weighted by Crippen LogP contribution is 2.09. The molecule has 0 saturated carbocycles. The molecule has 1 aromatic heterocycles. The Bertz CT molecular complexity index is 242. The third-order valence-corrected chi connectivity index (χ3v) is 1.26. The number of nitrogens with two attached hydrogens (primary N) is 1. The Morgan fingerprint density at radius 3 is 2.83 bits per heavy atom. The lowest BCUT2D eigenvalue weighted by Gasteiger charge is -2.05. The first kappa shape index (κ1) is 8.89. The van der Waals surface area contributed by atoms with Gasteiger partial charge in [0.05, 0.1) is 6.61 Å². The van der Waals surface area contributed by atoms with Gasteiger partial charge in [-0.2, -0.15) is 0 Å². The van der Waals surface area contributed by atoms with Gasteiger partial charge in [-0.3, -0.25) is 4.98 Å². The average molecular weight is 169 g/mol. The van der Waals surface area contributed by atoms with Crippen molar-refractivity contribution in [3.63, 3.8) is 0 Å². The number of nitrogens with zero attached hydrogens (tertiary/aromatic N) is 2. The standard InChI is InChI=1S/C7H11N3O2/c8-5-6-7(12-4-3-11)10-2-1-9-6/h1-2,11H,3-5,8H2. The molecule has 66 valence electrons. The van der Waals surface area contributed by atoms with Crippen LogP contribution in [-0.2, 0) is 6.54 Å². The van der Waals surface area contributed by atoms with Gasteiger partial charge in [-0.15, -0.1) is 0 Å². The van der Waals surface area contributed by atoms with Crippen molar-refractivity contribution in [3.05, 3.63) is 18.1 Å². The lowest BCUT2D eigenvalue weighted by molar-refractivity contribution is 0.195. The zero-order chi connectivity index (χ0) is 8.81. The van der Waals surface area contributed by atoms with Crippen LogP contribution in [0.5, 0.6) is 5.88 Å². The molecule has 0 bridgehead atoms. The second kappa shape index (κ2) is 4.63. The van der Waals surface area contributed by atoms with Crippen LogP contribution in [0, 0.1) is 0 Å². The fourth-order valence-corrected chi connectivity index (χ4v) is 0.757. The van der Waals surface area contributed by atoms with E-state index in [1.54, 1.807) is 6.20 Å². The number of hydrogen-bond donors (Lipinski definition) is 2. The van der Waals surface area contributed by atoms with E-state index in [1.165, 1.54) is 6.20 Å². The lowest BCUT2D eigenvalue weighted by Crippen LogP contribution is -2.09. The molecule has 0 fully saturated rings. The van der Waals surface area contributed by atoms with Crippen LogP contribution in [0.15, 0.2) is 12.4 Å². The highest BCUT2D eigenvalue weighted by atomic mass is 16.5. The van der Waals surface area contributed by atoms with E-state index in [9.17, 15) is 0 Å². The SMILES string of the molecule is NCc1nccnc1OCCO. The van der Waals surface area contributed by atoms with Crippen molar-refractivity contribution in [1.29, 1.82) is 0 Å². The van der Waals surface area contributed by atoms with E-state index in [1.807, 2.05) is 0 Å². The van der Waals surface area contributed by atoms with Gasteiger partial charge in [0.2, 0.25) is 5.88 Å². The van der Waals surface area contributed by atoms with Gasteiger partial charge >= 0.3 is 0 Å². The van der Waals surface area contributed by atoms with E-state index >= 15 is 0 Å². The first-order valence-electron chi connectivity index (χ1n) is 3.62. The number of rotatable bonds is 4. The summed E-state index contributed by atoms with van der Waals surface area (Å²) in [5, 5.41) is 8.49. The number of aliphatic hydroxyl groups excluding tert-OH is 1. The monoisotopic (exact) mass is 169 g/mol. The van der Waals surface area contributed by atoms with E-state index in [0.717, 1.165) is 0 Å². The molecule has 0 radical (unpaired) electrons. The molecule has 0 aliphatic heterocycles. The van der Waals surface area contributed by atoms with Gasteiger partial charge in [-0.05, 0) is 0 Å². The van der Waals surface area contributed by atoms with Crippen molar-refractivity contribution >= 4 is 0 Å². The molecule has 0 amide bonds.